The van der Waals surface area contributed by atoms with Gasteiger partial charge in [0.1, 0.15) is 0 Å². The minimum atomic E-state index is 0. The van der Waals surface area contributed by atoms with Crippen LogP contribution in [-0.2, 0) is 4.74 Å². The summed E-state index contributed by atoms with van der Waals surface area (Å²) in [6.07, 6.45) is 1.20. The van der Waals surface area contributed by atoms with Gasteiger partial charge in [0.2, 0.25) is 0 Å². The molecule has 24 heavy (non-hydrogen) atoms. The highest BCUT2D eigenvalue weighted by molar-refractivity contribution is 14.0. The van der Waals surface area contributed by atoms with Crippen LogP contribution in [0.15, 0.2) is 33.7 Å². The van der Waals surface area contributed by atoms with E-state index in [1.807, 2.05) is 0 Å². The first kappa shape index (κ1) is 21.5. The van der Waals surface area contributed by atoms with Crippen LogP contribution in [0.3, 0.4) is 0 Å². The molecule has 1 saturated heterocycles. The van der Waals surface area contributed by atoms with E-state index < -0.39 is 0 Å². The molecule has 7 heteroatoms. The van der Waals surface area contributed by atoms with E-state index in [2.05, 4.69) is 67.6 Å². The van der Waals surface area contributed by atoms with Crippen molar-refractivity contribution in [3.8, 4) is 0 Å². The molecule has 1 aliphatic rings. The summed E-state index contributed by atoms with van der Waals surface area (Å²) < 4.78 is 6.28. The summed E-state index contributed by atoms with van der Waals surface area (Å²) in [4.78, 5) is 6.72. The maximum atomic E-state index is 5.14. The Morgan fingerprint density at radius 3 is 2.96 bits per heavy atom. The number of aliphatic imine (C=N–C) groups is 1. The number of benzene rings is 1. The molecule has 0 radical (unpaired) electrons. The Labute approximate surface area is 170 Å². The van der Waals surface area contributed by atoms with Gasteiger partial charge in [-0.3, -0.25) is 4.99 Å². The molecule has 0 saturated carbocycles. The number of hydrogen-bond donors (Lipinski definition) is 2. The summed E-state index contributed by atoms with van der Waals surface area (Å²) in [5.41, 5.74) is 1.29. The van der Waals surface area contributed by atoms with Gasteiger partial charge in [0.05, 0.1) is 6.61 Å². The fourth-order valence-corrected chi connectivity index (χ4v) is 3.25. The smallest absolute Gasteiger partial charge is 0.191 e. The number of nitrogens with zero attached hydrogens (tertiary/aromatic N) is 2. The van der Waals surface area contributed by atoms with Crippen LogP contribution in [0.25, 0.3) is 0 Å². The van der Waals surface area contributed by atoms with E-state index in [0.29, 0.717) is 12.5 Å². The molecule has 0 spiro atoms. The zero-order valence-electron chi connectivity index (χ0n) is 14.6. The third-order valence-corrected chi connectivity index (χ3v) is 4.53. The van der Waals surface area contributed by atoms with Crippen LogP contribution < -0.4 is 15.5 Å². The molecule has 0 amide bonds. The summed E-state index contributed by atoms with van der Waals surface area (Å²) in [5.74, 6) is 1.47. The van der Waals surface area contributed by atoms with Gasteiger partial charge in [-0.1, -0.05) is 22.0 Å². The van der Waals surface area contributed by atoms with Gasteiger partial charge in [0.25, 0.3) is 0 Å². The fourth-order valence-electron chi connectivity index (χ4n) is 2.87. The van der Waals surface area contributed by atoms with Crippen molar-refractivity contribution in [2.45, 2.75) is 19.4 Å². The third-order valence-electron chi connectivity index (χ3n) is 4.04. The summed E-state index contributed by atoms with van der Waals surface area (Å²) in [7, 11) is 3.51. The quantitative estimate of drug-likeness (QED) is 0.351. The molecule has 2 atom stereocenters. The maximum Gasteiger partial charge on any atom is 0.191 e. The minimum absolute atomic E-state index is 0. The van der Waals surface area contributed by atoms with Gasteiger partial charge in [-0.2, -0.15) is 0 Å². The Bertz CT molecular complexity index is 529. The third kappa shape index (κ3) is 6.76. The number of halogens is 2. The number of anilines is 1. The molecule has 1 aromatic rings. The molecule has 1 heterocycles. The minimum Gasteiger partial charge on any atom is -0.383 e. The zero-order chi connectivity index (χ0) is 16.7. The maximum absolute atomic E-state index is 5.14. The average molecular weight is 511 g/mol. The van der Waals surface area contributed by atoms with Crippen LogP contribution in [-0.4, -0.2) is 52.4 Å². The highest BCUT2D eigenvalue weighted by atomic mass is 127. The van der Waals surface area contributed by atoms with Crippen molar-refractivity contribution in [3.63, 3.8) is 0 Å². The van der Waals surface area contributed by atoms with E-state index in [-0.39, 0.29) is 30.0 Å². The molecule has 136 valence electrons. The van der Waals surface area contributed by atoms with Gasteiger partial charge in [0, 0.05) is 50.0 Å². The lowest BCUT2D eigenvalue weighted by Crippen LogP contribution is -2.45. The van der Waals surface area contributed by atoms with Crippen molar-refractivity contribution >= 4 is 51.6 Å². The van der Waals surface area contributed by atoms with Crippen molar-refractivity contribution in [3.05, 3.63) is 28.7 Å². The lowest BCUT2D eigenvalue weighted by Gasteiger charge is -2.21. The number of guanidine groups is 1. The predicted molar refractivity (Wildman–Crippen MR) is 116 cm³/mol. The van der Waals surface area contributed by atoms with Crippen LogP contribution in [0.2, 0.25) is 0 Å². The van der Waals surface area contributed by atoms with E-state index >= 15 is 0 Å². The molecular formula is C17H28BrIN4O. The van der Waals surface area contributed by atoms with E-state index in [1.165, 1.54) is 12.1 Å². The molecule has 0 aromatic heterocycles. The zero-order valence-corrected chi connectivity index (χ0v) is 18.5. The van der Waals surface area contributed by atoms with E-state index in [9.17, 15) is 0 Å². The molecule has 0 aliphatic carbocycles. The second kappa shape index (κ2) is 11.1. The first-order chi connectivity index (χ1) is 11.1. The Morgan fingerprint density at radius 1 is 1.50 bits per heavy atom. The van der Waals surface area contributed by atoms with Gasteiger partial charge >= 0.3 is 0 Å². The Morgan fingerprint density at radius 2 is 2.29 bits per heavy atom. The SMILES string of the molecule is CN=C(NCC1CCN(c2cccc(Br)c2)C1)NC(C)COC.I. The van der Waals surface area contributed by atoms with Crippen LogP contribution in [0.1, 0.15) is 13.3 Å². The van der Waals surface area contributed by atoms with Gasteiger partial charge in [-0.25, -0.2) is 0 Å². The summed E-state index contributed by atoms with van der Waals surface area (Å²) in [6, 6.07) is 8.76. The Kier molecular flexibility index (Phi) is 9.99. The molecule has 2 rings (SSSR count). The highest BCUT2D eigenvalue weighted by Gasteiger charge is 2.23. The second-order valence-corrected chi connectivity index (χ2v) is 6.95. The average Bonchev–Trinajstić information content (AvgIpc) is 3.00. The van der Waals surface area contributed by atoms with Crippen LogP contribution in [0.5, 0.6) is 0 Å². The number of ether oxygens (including phenoxy) is 1. The standard InChI is InChI=1S/C17H27BrN4O.HI/c1-13(12-23-3)21-17(19-2)20-10-14-7-8-22(11-14)16-6-4-5-15(18)9-16;/h4-6,9,13-14H,7-8,10-12H2,1-3H3,(H2,19,20,21);1H. The molecule has 2 N–H and O–H groups in total. The van der Waals surface area contributed by atoms with E-state index in [0.717, 1.165) is 30.1 Å². The monoisotopic (exact) mass is 510 g/mol. The van der Waals surface area contributed by atoms with Gasteiger partial charge in [-0.05, 0) is 37.5 Å². The molecule has 0 bridgehead atoms. The molecule has 1 aromatic carbocycles. The molecule has 2 unspecified atom stereocenters. The first-order valence-electron chi connectivity index (χ1n) is 8.09. The van der Waals surface area contributed by atoms with Gasteiger partial charge in [0.15, 0.2) is 5.96 Å². The summed E-state index contributed by atoms with van der Waals surface area (Å²) >= 11 is 3.55. The molecule has 5 nitrogen and oxygen atoms in total. The first-order valence-corrected chi connectivity index (χ1v) is 8.88. The summed E-state index contributed by atoms with van der Waals surface area (Å²) in [5, 5.41) is 6.77. The Hall–Kier alpha value is -0.540. The molecular weight excluding hydrogens is 483 g/mol. The van der Waals surface area contributed by atoms with Crippen LogP contribution >= 0.6 is 39.9 Å². The van der Waals surface area contributed by atoms with Gasteiger partial charge in [-0.15, -0.1) is 24.0 Å². The lowest BCUT2D eigenvalue weighted by atomic mass is 10.1. The second-order valence-electron chi connectivity index (χ2n) is 6.03. The number of nitrogens with one attached hydrogen (secondary N) is 2. The van der Waals surface area contributed by atoms with Crippen molar-refractivity contribution in [1.29, 1.82) is 0 Å². The number of hydrogen-bond acceptors (Lipinski definition) is 3. The topological polar surface area (TPSA) is 48.9 Å². The number of rotatable bonds is 6. The van der Waals surface area contributed by atoms with Gasteiger partial charge < -0.3 is 20.3 Å². The van der Waals surface area contributed by atoms with Crippen LogP contribution in [0, 0.1) is 5.92 Å². The van der Waals surface area contributed by atoms with Crippen molar-refractivity contribution in [1.82, 2.24) is 10.6 Å². The van der Waals surface area contributed by atoms with Crippen molar-refractivity contribution in [2.75, 3.05) is 45.3 Å². The fraction of sp³-hybridized carbons (Fsp3) is 0.588. The van der Waals surface area contributed by atoms with E-state index in [4.69, 9.17) is 4.74 Å². The molecule has 1 aliphatic heterocycles. The lowest BCUT2D eigenvalue weighted by molar-refractivity contribution is 0.179. The number of methoxy groups -OCH3 is 1. The van der Waals surface area contributed by atoms with Crippen molar-refractivity contribution in [2.24, 2.45) is 10.9 Å². The highest BCUT2D eigenvalue weighted by Crippen LogP contribution is 2.25. The van der Waals surface area contributed by atoms with Crippen molar-refractivity contribution < 1.29 is 4.74 Å². The van der Waals surface area contributed by atoms with Crippen LogP contribution in [0.4, 0.5) is 5.69 Å². The normalized spacial score (nSPS) is 18.9. The summed E-state index contributed by atoms with van der Waals surface area (Å²) in [6.45, 7) is 5.87. The molecule has 1 fully saturated rings. The Balaban J connectivity index is 0.00000288. The van der Waals surface area contributed by atoms with E-state index in [1.54, 1.807) is 14.2 Å². The predicted octanol–water partition coefficient (Wildman–Crippen LogP) is 3.09. The largest absolute Gasteiger partial charge is 0.383 e.